The van der Waals surface area contributed by atoms with Gasteiger partial charge in [-0.2, -0.15) is 0 Å². The van der Waals surface area contributed by atoms with Gasteiger partial charge in [0.2, 0.25) is 0 Å². The van der Waals surface area contributed by atoms with Gasteiger partial charge in [0.15, 0.2) is 6.04 Å². The van der Waals surface area contributed by atoms with Crippen molar-refractivity contribution in [3.05, 3.63) is 29.8 Å². The third kappa shape index (κ3) is 3.75. The van der Waals surface area contributed by atoms with E-state index in [1.54, 1.807) is 14.2 Å². The summed E-state index contributed by atoms with van der Waals surface area (Å²) in [7, 11) is 5.33. The van der Waals surface area contributed by atoms with Gasteiger partial charge in [-0.3, -0.25) is 4.79 Å². The third-order valence-corrected chi connectivity index (χ3v) is 3.00. The second-order valence-electron chi connectivity index (χ2n) is 4.21. The van der Waals surface area contributed by atoms with Crippen LogP contribution in [-0.4, -0.2) is 33.2 Å². The first-order chi connectivity index (χ1) is 8.08. The predicted molar refractivity (Wildman–Crippen MR) is 67.1 cm³/mol. The first-order valence-electron chi connectivity index (χ1n) is 5.75. The number of amides is 1. The fourth-order valence-electron chi connectivity index (χ4n) is 1.70. The molecule has 1 unspecified atom stereocenters. The smallest absolute Gasteiger partial charge is 0.277 e. The number of quaternary nitrogens is 1. The number of carbonyl (C=O) groups is 1. The average molecular weight is 237 g/mol. The van der Waals surface area contributed by atoms with Crippen LogP contribution in [0.1, 0.15) is 12.5 Å². The highest BCUT2D eigenvalue weighted by Crippen LogP contribution is 2.11. The van der Waals surface area contributed by atoms with Crippen LogP contribution in [0.25, 0.3) is 0 Å². The Labute approximate surface area is 103 Å². The molecule has 0 aliphatic rings. The van der Waals surface area contributed by atoms with E-state index in [2.05, 4.69) is 5.32 Å². The lowest BCUT2D eigenvalue weighted by Gasteiger charge is -2.20. The Kier molecular flexibility index (Phi) is 4.97. The SMILES string of the molecule is CNC(=O)[C@H](C)[NH+](C)Cc1cccc(OC)c1. The standard InChI is InChI=1S/C13H20N2O2/c1-10(13(16)14-2)15(3)9-11-6-5-7-12(8-11)17-4/h5-8,10H,9H2,1-4H3,(H,14,16)/p+1/t10-/m0/s1. The fourth-order valence-corrected chi connectivity index (χ4v) is 1.70. The summed E-state index contributed by atoms with van der Waals surface area (Å²) in [5.74, 6) is 0.910. The Hall–Kier alpha value is -1.55. The van der Waals surface area contributed by atoms with Crippen LogP contribution in [0.2, 0.25) is 0 Å². The van der Waals surface area contributed by atoms with Gasteiger partial charge < -0.3 is 15.0 Å². The molecule has 0 saturated heterocycles. The minimum Gasteiger partial charge on any atom is -0.497 e. The van der Waals surface area contributed by atoms with Gasteiger partial charge in [0.1, 0.15) is 12.3 Å². The molecule has 2 atom stereocenters. The van der Waals surface area contributed by atoms with Gasteiger partial charge in [-0.25, -0.2) is 0 Å². The van der Waals surface area contributed by atoms with Crippen molar-refractivity contribution < 1.29 is 14.4 Å². The van der Waals surface area contributed by atoms with E-state index < -0.39 is 0 Å². The molecule has 0 aliphatic heterocycles. The lowest BCUT2D eigenvalue weighted by Crippen LogP contribution is -3.12. The van der Waals surface area contributed by atoms with Crippen LogP contribution < -0.4 is 15.0 Å². The van der Waals surface area contributed by atoms with E-state index in [0.29, 0.717) is 0 Å². The largest absolute Gasteiger partial charge is 0.497 e. The first-order valence-corrected chi connectivity index (χ1v) is 5.75. The Morgan fingerprint density at radius 2 is 2.24 bits per heavy atom. The number of carbonyl (C=O) groups excluding carboxylic acids is 1. The van der Waals surface area contributed by atoms with Crippen molar-refractivity contribution >= 4 is 5.91 Å². The maximum absolute atomic E-state index is 11.5. The molecular weight excluding hydrogens is 216 g/mol. The fraction of sp³-hybridized carbons (Fsp3) is 0.462. The zero-order valence-electron chi connectivity index (χ0n) is 10.9. The minimum atomic E-state index is -0.0637. The van der Waals surface area contributed by atoms with Gasteiger partial charge in [-0.15, -0.1) is 0 Å². The molecule has 94 valence electrons. The van der Waals surface area contributed by atoms with Crippen LogP contribution >= 0.6 is 0 Å². The summed E-state index contributed by atoms with van der Waals surface area (Å²) in [6, 6.07) is 7.86. The summed E-state index contributed by atoms with van der Waals surface area (Å²) < 4.78 is 5.18. The normalized spacial score (nSPS) is 13.9. The summed E-state index contributed by atoms with van der Waals surface area (Å²) in [5.41, 5.74) is 1.16. The van der Waals surface area contributed by atoms with Crippen molar-refractivity contribution in [3.8, 4) is 5.75 Å². The van der Waals surface area contributed by atoms with Crippen LogP contribution in [0.5, 0.6) is 5.75 Å². The molecule has 0 radical (unpaired) electrons. The molecule has 17 heavy (non-hydrogen) atoms. The van der Waals surface area contributed by atoms with Crippen LogP contribution in [-0.2, 0) is 11.3 Å². The van der Waals surface area contributed by atoms with Gasteiger partial charge in [0.05, 0.1) is 14.2 Å². The maximum atomic E-state index is 11.5. The van der Waals surface area contributed by atoms with Crippen molar-refractivity contribution in [2.45, 2.75) is 19.5 Å². The molecule has 0 fully saturated rings. The van der Waals surface area contributed by atoms with Crippen LogP contribution in [0.3, 0.4) is 0 Å². The van der Waals surface area contributed by atoms with E-state index in [4.69, 9.17) is 4.74 Å². The number of hydrogen-bond acceptors (Lipinski definition) is 2. The second-order valence-corrected chi connectivity index (χ2v) is 4.21. The van der Waals surface area contributed by atoms with Crippen molar-refractivity contribution in [2.24, 2.45) is 0 Å². The van der Waals surface area contributed by atoms with E-state index in [9.17, 15) is 4.79 Å². The average Bonchev–Trinajstić information content (AvgIpc) is 2.37. The molecule has 1 rings (SSSR count). The van der Waals surface area contributed by atoms with Crippen LogP contribution in [0.4, 0.5) is 0 Å². The summed E-state index contributed by atoms with van der Waals surface area (Å²) in [6.07, 6.45) is 0. The number of nitrogens with one attached hydrogen (secondary N) is 2. The summed E-state index contributed by atoms with van der Waals surface area (Å²) >= 11 is 0. The lowest BCUT2D eigenvalue weighted by molar-refractivity contribution is -0.908. The van der Waals surface area contributed by atoms with E-state index >= 15 is 0 Å². The zero-order chi connectivity index (χ0) is 12.8. The zero-order valence-corrected chi connectivity index (χ0v) is 10.9. The molecule has 1 aromatic carbocycles. The van der Waals surface area contributed by atoms with Crippen molar-refractivity contribution in [1.82, 2.24) is 5.32 Å². The van der Waals surface area contributed by atoms with E-state index in [0.717, 1.165) is 22.8 Å². The Morgan fingerprint density at radius 3 is 2.82 bits per heavy atom. The number of hydrogen-bond donors (Lipinski definition) is 2. The van der Waals surface area contributed by atoms with Crippen LogP contribution in [0, 0.1) is 0 Å². The Balaban J connectivity index is 2.66. The highest BCUT2D eigenvalue weighted by atomic mass is 16.5. The molecule has 4 heteroatoms. The van der Waals surface area contributed by atoms with E-state index in [-0.39, 0.29) is 11.9 Å². The topological polar surface area (TPSA) is 42.8 Å². The maximum Gasteiger partial charge on any atom is 0.277 e. The van der Waals surface area contributed by atoms with Gasteiger partial charge in [-0.1, -0.05) is 12.1 Å². The quantitative estimate of drug-likeness (QED) is 0.747. The molecule has 1 aromatic rings. The highest BCUT2D eigenvalue weighted by molar-refractivity contribution is 5.79. The Bertz CT molecular complexity index is 379. The number of benzene rings is 1. The summed E-state index contributed by atoms with van der Waals surface area (Å²) in [4.78, 5) is 12.7. The van der Waals surface area contributed by atoms with Crippen molar-refractivity contribution in [2.75, 3.05) is 21.2 Å². The molecular formula is C13H21N2O2+. The molecule has 0 spiro atoms. The number of methoxy groups -OCH3 is 1. The summed E-state index contributed by atoms with van der Waals surface area (Å²) in [6.45, 7) is 2.72. The van der Waals surface area contributed by atoms with E-state index in [1.807, 2.05) is 38.2 Å². The Morgan fingerprint density at radius 1 is 1.53 bits per heavy atom. The highest BCUT2D eigenvalue weighted by Gasteiger charge is 2.20. The first kappa shape index (κ1) is 13.5. The van der Waals surface area contributed by atoms with Crippen molar-refractivity contribution in [3.63, 3.8) is 0 Å². The number of likely N-dealkylation sites (N-methyl/N-ethyl adjacent to an activating group) is 2. The lowest BCUT2D eigenvalue weighted by atomic mass is 10.2. The van der Waals surface area contributed by atoms with Gasteiger partial charge in [0.25, 0.3) is 5.91 Å². The molecule has 0 bridgehead atoms. The van der Waals surface area contributed by atoms with Gasteiger partial charge in [-0.05, 0) is 19.1 Å². The second kappa shape index (κ2) is 6.25. The molecule has 0 aromatic heterocycles. The molecule has 2 N–H and O–H groups in total. The third-order valence-electron chi connectivity index (χ3n) is 3.00. The van der Waals surface area contributed by atoms with Gasteiger partial charge in [0, 0.05) is 12.6 Å². The molecule has 0 aliphatic carbocycles. The molecule has 0 saturated carbocycles. The van der Waals surface area contributed by atoms with Crippen LogP contribution in [0.15, 0.2) is 24.3 Å². The molecule has 0 heterocycles. The monoisotopic (exact) mass is 237 g/mol. The van der Waals surface area contributed by atoms with Gasteiger partial charge >= 0.3 is 0 Å². The molecule has 1 amide bonds. The molecule has 4 nitrogen and oxygen atoms in total. The summed E-state index contributed by atoms with van der Waals surface area (Å²) in [5, 5.41) is 2.67. The van der Waals surface area contributed by atoms with Crippen molar-refractivity contribution in [1.29, 1.82) is 0 Å². The predicted octanol–water partition coefficient (Wildman–Crippen LogP) is -0.156. The number of rotatable bonds is 5. The minimum absolute atomic E-state index is 0.0606. The van der Waals surface area contributed by atoms with E-state index in [1.165, 1.54) is 0 Å². The number of ether oxygens (including phenoxy) is 1.